The van der Waals surface area contributed by atoms with Gasteiger partial charge >= 0.3 is 0 Å². The van der Waals surface area contributed by atoms with Gasteiger partial charge in [0.15, 0.2) is 11.3 Å². The molecule has 0 radical (unpaired) electrons. The van der Waals surface area contributed by atoms with Crippen LogP contribution in [-0.2, 0) is 0 Å². The maximum atomic E-state index is 5.22. The first-order valence-corrected chi connectivity index (χ1v) is 19.7. The summed E-state index contributed by atoms with van der Waals surface area (Å²) in [6.07, 6.45) is 0. The number of hydrogen-bond acceptors (Lipinski definition) is 4. The smallest absolute Gasteiger partial charge is 0.160 e. The molecule has 2 aliphatic rings. The van der Waals surface area contributed by atoms with Crippen LogP contribution in [0, 0.1) is 0 Å². The highest BCUT2D eigenvalue weighted by Gasteiger charge is 2.27. The van der Waals surface area contributed by atoms with Crippen LogP contribution in [0.3, 0.4) is 0 Å². The van der Waals surface area contributed by atoms with Crippen molar-refractivity contribution in [2.45, 2.75) is 0 Å². The van der Waals surface area contributed by atoms with Gasteiger partial charge in [0.2, 0.25) is 0 Å². The number of benzene rings is 7. The summed E-state index contributed by atoms with van der Waals surface area (Å²) in [6, 6.07) is 64.9. The third kappa shape index (κ3) is 4.51. The summed E-state index contributed by atoms with van der Waals surface area (Å²) in [5.41, 5.74) is 19.4. The van der Waals surface area contributed by atoms with E-state index in [1.165, 1.54) is 77.2 Å². The minimum atomic E-state index is 0.748. The van der Waals surface area contributed by atoms with Crippen LogP contribution < -0.4 is 0 Å². The molecular weight excluding hydrogens is 705 g/mol. The van der Waals surface area contributed by atoms with Gasteiger partial charge in [0, 0.05) is 44.2 Å². The van der Waals surface area contributed by atoms with Gasteiger partial charge in [-0.3, -0.25) is 0 Å². The van der Waals surface area contributed by atoms with E-state index in [0.29, 0.717) is 0 Å². The van der Waals surface area contributed by atoms with E-state index in [0.717, 1.165) is 56.0 Å². The summed E-state index contributed by atoms with van der Waals surface area (Å²) in [4.78, 5) is 20.7. The van der Waals surface area contributed by atoms with Crippen molar-refractivity contribution in [3.05, 3.63) is 182 Å². The summed E-state index contributed by atoms with van der Waals surface area (Å²) in [5, 5.41) is 7.08. The first-order valence-electron chi connectivity index (χ1n) is 19.7. The van der Waals surface area contributed by atoms with Gasteiger partial charge in [0.05, 0.1) is 22.8 Å². The maximum absolute atomic E-state index is 5.22. The second-order valence-corrected chi connectivity index (χ2v) is 15.3. The largest absolute Gasteiger partial charge is 0.228 e. The lowest BCUT2D eigenvalue weighted by Crippen LogP contribution is -1.92. The van der Waals surface area contributed by atoms with E-state index in [9.17, 15) is 0 Å². The van der Waals surface area contributed by atoms with E-state index in [-0.39, 0.29) is 0 Å². The van der Waals surface area contributed by atoms with Gasteiger partial charge in [-0.15, -0.1) is 0 Å². The Kier molecular flexibility index (Phi) is 6.41. The summed E-state index contributed by atoms with van der Waals surface area (Å²) >= 11 is 0. The van der Waals surface area contributed by atoms with Crippen LogP contribution >= 0.6 is 0 Å². The fourth-order valence-electron chi connectivity index (χ4n) is 9.45. The highest BCUT2D eigenvalue weighted by atomic mass is 14.9. The molecule has 0 N–H and O–H groups in total. The van der Waals surface area contributed by atoms with Gasteiger partial charge in [-0.25, -0.2) is 19.9 Å². The minimum absolute atomic E-state index is 0.748. The summed E-state index contributed by atoms with van der Waals surface area (Å²) in [6.45, 7) is 0. The molecule has 4 heteroatoms. The van der Waals surface area contributed by atoms with E-state index < -0.39 is 0 Å². The van der Waals surface area contributed by atoms with Crippen molar-refractivity contribution >= 4 is 43.6 Å². The van der Waals surface area contributed by atoms with Crippen molar-refractivity contribution in [2.75, 3.05) is 0 Å². The molecular formula is C54H30N4. The van der Waals surface area contributed by atoms with Crippen LogP contribution in [0.5, 0.6) is 0 Å². The zero-order chi connectivity index (χ0) is 37.9. The molecule has 0 atom stereocenters. The zero-order valence-corrected chi connectivity index (χ0v) is 31.1. The Labute approximate surface area is 333 Å². The van der Waals surface area contributed by atoms with Gasteiger partial charge in [-0.05, 0) is 91.3 Å². The Morgan fingerprint density at radius 2 is 0.690 bits per heavy atom. The Balaban J connectivity index is 0.837. The second kappa shape index (κ2) is 11.8. The van der Waals surface area contributed by atoms with E-state index >= 15 is 0 Å². The Hall–Kier alpha value is -7.82. The van der Waals surface area contributed by atoms with Crippen molar-refractivity contribution in [3.8, 4) is 89.5 Å². The molecule has 0 saturated carbocycles. The Morgan fingerprint density at radius 3 is 1.14 bits per heavy atom. The van der Waals surface area contributed by atoms with Crippen molar-refractivity contribution in [1.29, 1.82) is 0 Å². The number of hydrogen-bond donors (Lipinski definition) is 0. The van der Waals surface area contributed by atoms with E-state index in [4.69, 9.17) is 19.9 Å². The highest BCUT2D eigenvalue weighted by molar-refractivity contribution is 6.20. The molecule has 13 rings (SSSR count). The first-order chi connectivity index (χ1) is 28.7. The molecule has 0 fully saturated rings. The molecule has 7 aromatic carbocycles. The van der Waals surface area contributed by atoms with Crippen molar-refractivity contribution < 1.29 is 0 Å². The van der Waals surface area contributed by atoms with Crippen LogP contribution in [0.15, 0.2) is 182 Å². The minimum Gasteiger partial charge on any atom is -0.228 e. The zero-order valence-electron chi connectivity index (χ0n) is 31.1. The SMILES string of the molecule is c1ccc(-c2ccc3c4c(cccc24)-c2nc4nc(-c5ccc(-c6ccc7cc8c(nc7n6)-c6cccc7c(-c9ccccc9)ccc-8c67)cc5)ccc4cc2-3)cc1. The predicted octanol–water partition coefficient (Wildman–Crippen LogP) is 13.8. The molecule has 266 valence electrons. The third-order valence-corrected chi connectivity index (χ3v) is 12.2. The fourth-order valence-corrected chi connectivity index (χ4v) is 9.45. The van der Waals surface area contributed by atoms with Crippen molar-refractivity contribution in [1.82, 2.24) is 19.9 Å². The molecule has 58 heavy (non-hydrogen) atoms. The van der Waals surface area contributed by atoms with E-state index in [2.05, 4.69) is 182 Å². The highest BCUT2D eigenvalue weighted by Crippen LogP contribution is 2.51. The molecule has 0 unspecified atom stereocenters. The van der Waals surface area contributed by atoms with Crippen LogP contribution in [0.25, 0.3) is 133 Å². The molecule has 0 aliphatic heterocycles. The first kappa shape index (κ1) is 31.4. The lowest BCUT2D eigenvalue weighted by atomic mass is 9.94. The average molecular weight is 735 g/mol. The molecule has 4 heterocycles. The molecule has 0 spiro atoms. The molecule has 2 aliphatic carbocycles. The van der Waals surface area contributed by atoms with Gasteiger partial charge in [0.1, 0.15) is 0 Å². The molecule has 0 saturated heterocycles. The molecule has 4 aromatic heterocycles. The van der Waals surface area contributed by atoms with E-state index in [1.54, 1.807) is 0 Å². The summed E-state index contributed by atoms with van der Waals surface area (Å²) < 4.78 is 0. The predicted molar refractivity (Wildman–Crippen MR) is 238 cm³/mol. The molecule has 0 amide bonds. The van der Waals surface area contributed by atoms with Gasteiger partial charge in [-0.2, -0.15) is 0 Å². The Bertz CT molecular complexity index is 3300. The molecule has 0 bridgehead atoms. The van der Waals surface area contributed by atoms with Gasteiger partial charge in [-0.1, -0.05) is 146 Å². The average Bonchev–Trinajstić information content (AvgIpc) is 3.78. The van der Waals surface area contributed by atoms with Crippen LogP contribution in [-0.4, -0.2) is 19.9 Å². The van der Waals surface area contributed by atoms with Gasteiger partial charge in [0.25, 0.3) is 0 Å². The van der Waals surface area contributed by atoms with Crippen molar-refractivity contribution in [2.24, 2.45) is 0 Å². The number of aromatic nitrogens is 4. The number of fused-ring (bicyclic) bond motifs is 8. The van der Waals surface area contributed by atoms with Crippen LogP contribution in [0.4, 0.5) is 0 Å². The summed E-state index contributed by atoms with van der Waals surface area (Å²) in [5.74, 6) is 0. The van der Waals surface area contributed by atoms with Crippen molar-refractivity contribution in [3.63, 3.8) is 0 Å². The maximum Gasteiger partial charge on any atom is 0.160 e. The van der Waals surface area contributed by atoms with Crippen LogP contribution in [0.2, 0.25) is 0 Å². The van der Waals surface area contributed by atoms with Gasteiger partial charge < -0.3 is 0 Å². The third-order valence-electron chi connectivity index (χ3n) is 12.2. The van der Waals surface area contributed by atoms with Crippen LogP contribution in [0.1, 0.15) is 0 Å². The lowest BCUT2D eigenvalue weighted by molar-refractivity contribution is 1.29. The fraction of sp³-hybridized carbons (Fsp3) is 0. The molecule has 4 nitrogen and oxygen atoms in total. The lowest BCUT2D eigenvalue weighted by Gasteiger charge is -2.09. The monoisotopic (exact) mass is 734 g/mol. The second-order valence-electron chi connectivity index (χ2n) is 15.3. The normalized spacial score (nSPS) is 12.1. The van der Waals surface area contributed by atoms with E-state index in [1.807, 2.05) is 0 Å². The number of nitrogens with zero attached hydrogens (tertiary/aromatic N) is 4. The topological polar surface area (TPSA) is 51.6 Å². The number of rotatable bonds is 4. The summed E-state index contributed by atoms with van der Waals surface area (Å²) in [7, 11) is 0. The number of pyridine rings is 4. The standard InChI is InChI=1S/C54H30N4/c1-3-9-31(10-4-1)37-23-25-41-45-29-35-21-27-47(55-53(35)57-51(45)43-15-7-13-39(37)49(41)43)33-17-19-34(20-18-33)48-28-22-36-30-46-42-26-24-38(32-11-5-2-6-12-32)40-14-8-16-44(50(40)42)52(46)58-54(36)56-48/h1-30H. The quantitative estimate of drug-likeness (QED) is 0.181. The molecule has 11 aromatic rings. The Morgan fingerprint density at radius 1 is 0.259 bits per heavy atom.